The summed E-state index contributed by atoms with van der Waals surface area (Å²) in [5.41, 5.74) is 5.24. The fourth-order valence-corrected chi connectivity index (χ4v) is 3.42. The van der Waals surface area contributed by atoms with Crippen molar-refractivity contribution < 1.29 is 14.3 Å². The van der Waals surface area contributed by atoms with Gasteiger partial charge >= 0.3 is 0 Å². The molecule has 0 saturated carbocycles. The number of likely N-dealkylation sites (N-methyl/N-ethyl adjacent to an activating group) is 1. The molecule has 0 aliphatic heterocycles. The number of hydrogen-bond acceptors (Lipinski definition) is 4. The van der Waals surface area contributed by atoms with Crippen molar-refractivity contribution in [3.63, 3.8) is 0 Å². The van der Waals surface area contributed by atoms with Crippen LogP contribution in [0.25, 0.3) is 0 Å². The molecule has 1 amide bonds. The smallest absolute Gasteiger partial charge is 0.238 e. The van der Waals surface area contributed by atoms with Crippen LogP contribution in [-0.2, 0) is 17.9 Å². The van der Waals surface area contributed by atoms with E-state index >= 15 is 0 Å². The Hall–Kier alpha value is -3.31. The van der Waals surface area contributed by atoms with E-state index in [0.29, 0.717) is 31.2 Å². The van der Waals surface area contributed by atoms with Crippen LogP contribution in [0.15, 0.2) is 66.7 Å². The summed E-state index contributed by atoms with van der Waals surface area (Å²) in [6, 6.07) is 21.9. The minimum absolute atomic E-state index is 0.0377. The van der Waals surface area contributed by atoms with E-state index in [2.05, 4.69) is 11.4 Å². The Morgan fingerprint density at radius 2 is 1.71 bits per heavy atom. The molecular weight excluding hydrogens is 388 g/mol. The number of carbonyl (C=O) groups excluding carboxylic acids is 1. The van der Waals surface area contributed by atoms with E-state index in [-0.39, 0.29) is 5.91 Å². The Labute approximate surface area is 184 Å². The van der Waals surface area contributed by atoms with Crippen molar-refractivity contribution in [3.8, 4) is 11.5 Å². The van der Waals surface area contributed by atoms with Crippen LogP contribution in [0, 0.1) is 13.8 Å². The van der Waals surface area contributed by atoms with Crippen LogP contribution < -0.4 is 14.8 Å². The molecule has 3 rings (SSSR count). The Morgan fingerprint density at radius 3 is 2.42 bits per heavy atom. The van der Waals surface area contributed by atoms with Gasteiger partial charge in [-0.2, -0.15) is 0 Å². The SMILES string of the molecule is COc1cc(CN(C)CC(=O)Nc2ccc(C)cc2C)ccc1OCc1ccccc1. The number of amides is 1. The average molecular weight is 419 g/mol. The molecule has 162 valence electrons. The molecule has 3 aromatic rings. The molecule has 0 fully saturated rings. The van der Waals surface area contributed by atoms with Crippen LogP contribution in [-0.4, -0.2) is 31.5 Å². The fraction of sp³-hybridized carbons (Fsp3) is 0.269. The first-order valence-electron chi connectivity index (χ1n) is 10.3. The van der Waals surface area contributed by atoms with Gasteiger partial charge in [-0.1, -0.05) is 54.1 Å². The van der Waals surface area contributed by atoms with Gasteiger partial charge < -0.3 is 14.8 Å². The van der Waals surface area contributed by atoms with Crippen LogP contribution in [0.4, 0.5) is 5.69 Å². The van der Waals surface area contributed by atoms with Gasteiger partial charge in [-0.05, 0) is 55.8 Å². The van der Waals surface area contributed by atoms with Crippen molar-refractivity contribution in [1.82, 2.24) is 4.90 Å². The lowest BCUT2D eigenvalue weighted by molar-refractivity contribution is -0.117. The predicted molar refractivity (Wildman–Crippen MR) is 125 cm³/mol. The highest BCUT2D eigenvalue weighted by molar-refractivity contribution is 5.93. The number of nitrogens with zero attached hydrogens (tertiary/aromatic N) is 1. The van der Waals surface area contributed by atoms with Crippen molar-refractivity contribution in [2.24, 2.45) is 0 Å². The van der Waals surface area contributed by atoms with Crippen molar-refractivity contribution in [3.05, 3.63) is 89.0 Å². The summed E-state index contributed by atoms with van der Waals surface area (Å²) in [4.78, 5) is 14.4. The molecule has 0 spiro atoms. The van der Waals surface area contributed by atoms with Gasteiger partial charge in [-0.25, -0.2) is 0 Å². The highest BCUT2D eigenvalue weighted by Gasteiger charge is 2.11. The van der Waals surface area contributed by atoms with E-state index < -0.39 is 0 Å². The summed E-state index contributed by atoms with van der Waals surface area (Å²) in [5, 5.41) is 2.99. The lowest BCUT2D eigenvalue weighted by Gasteiger charge is -2.18. The lowest BCUT2D eigenvalue weighted by Crippen LogP contribution is -2.30. The number of aryl methyl sites for hydroxylation is 2. The lowest BCUT2D eigenvalue weighted by atomic mass is 10.1. The fourth-order valence-electron chi connectivity index (χ4n) is 3.42. The number of carbonyl (C=O) groups is 1. The monoisotopic (exact) mass is 418 g/mol. The van der Waals surface area contributed by atoms with Gasteiger partial charge in [-0.3, -0.25) is 9.69 Å². The van der Waals surface area contributed by atoms with E-state index in [1.807, 2.05) is 86.5 Å². The number of rotatable bonds is 9. The summed E-state index contributed by atoms with van der Waals surface area (Å²) >= 11 is 0. The number of methoxy groups -OCH3 is 1. The van der Waals surface area contributed by atoms with E-state index in [9.17, 15) is 4.79 Å². The molecule has 5 nitrogen and oxygen atoms in total. The van der Waals surface area contributed by atoms with Crippen molar-refractivity contribution in [1.29, 1.82) is 0 Å². The third-order valence-electron chi connectivity index (χ3n) is 4.99. The zero-order chi connectivity index (χ0) is 22.2. The zero-order valence-corrected chi connectivity index (χ0v) is 18.6. The molecule has 5 heteroatoms. The first kappa shape index (κ1) is 22.4. The molecule has 0 aliphatic carbocycles. The second-order valence-electron chi connectivity index (χ2n) is 7.80. The number of nitrogens with one attached hydrogen (secondary N) is 1. The molecule has 0 aliphatic rings. The van der Waals surface area contributed by atoms with Crippen LogP contribution in [0.3, 0.4) is 0 Å². The molecule has 0 heterocycles. The third kappa shape index (κ3) is 6.59. The minimum atomic E-state index is -0.0377. The van der Waals surface area contributed by atoms with Crippen LogP contribution >= 0.6 is 0 Å². The largest absolute Gasteiger partial charge is 0.493 e. The average Bonchev–Trinajstić information content (AvgIpc) is 2.75. The van der Waals surface area contributed by atoms with Crippen LogP contribution in [0.2, 0.25) is 0 Å². The Bertz CT molecular complexity index is 1020. The number of anilines is 1. The molecule has 0 saturated heterocycles. The van der Waals surface area contributed by atoms with E-state index in [0.717, 1.165) is 22.4 Å². The van der Waals surface area contributed by atoms with Gasteiger partial charge in [-0.15, -0.1) is 0 Å². The second-order valence-corrected chi connectivity index (χ2v) is 7.80. The molecular formula is C26H30N2O3. The third-order valence-corrected chi connectivity index (χ3v) is 4.99. The molecule has 0 radical (unpaired) electrons. The summed E-state index contributed by atoms with van der Waals surface area (Å²) in [6.45, 7) is 5.44. The Balaban J connectivity index is 1.56. The standard InChI is InChI=1S/C26H30N2O3/c1-19-10-12-23(20(2)14-19)27-26(29)17-28(3)16-22-11-13-24(25(15-22)30-4)31-18-21-8-6-5-7-9-21/h5-15H,16-18H2,1-4H3,(H,27,29). The van der Waals surface area contributed by atoms with Gasteiger partial charge in [0.15, 0.2) is 11.5 Å². The molecule has 31 heavy (non-hydrogen) atoms. The normalized spacial score (nSPS) is 10.7. The summed E-state index contributed by atoms with van der Waals surface area (Å²) in [6.07, 6.45) is 0. The summed E-state index contributed by atoms with van der Waals surface area (Å²) < 4.78 is 11.4. The van der Waals surface area contributed by atoms with Gasteiger partial charge in [0, 0.05) is 12.2 Å². The molecule has 1 N–H and O–H groups in total. The molecule has 0 bridgehead atoms. The quantitative estimate of drug-likeness (QED) is 0.534. The van der Waals surface area contributed by atoms with Crippen molar-refractivity contribution in [2.75, 3.05) is 26.0 Å². The Kier molecular flexibility index (Phi) is 7.68. The van der Waals surface area contributed by atoms with Crippen LogP contribution in [0.1, 0.15) is 22.3 Å². The predicted octanol–water partition coefficient (Wildman–Crippen LogP) is 4.96. The molecule has 3 aromatic carbocycles. The number of benzene rings is 3. The van der Waals surface area contributed by atoms with E-state index in [4.69, 9.17) is 9.47 Å². The maximum Gasteiger partial charge on any atom is 0.238 e. The first-order chi connectivity index (χ1) is 14.9. The van der Waals surface area contributed by atoms with Gasteiger partial charge in [0.25, 0.3) is 0 Å². The van der Waals surface area contributed by atoms with E-state index in [1.54, 1.807) is 7.11 Å². The van der Waals surface area contributed by atoms with Gasteiger partial charge in [0.05, 0.1) is 13.7 Å². The summed E-state index contributed by atoms with van der Waals surface area (Å²) in [7, 11) is 3.56. The van der Waals surface area contributed by atoms with Gasteiger partial charge in [0.1, 0.15) is 6.61 Å². The molecule has 0 unspecified atom stereocenters. The van der Waals surface area contributed by atoms with Crippen molar-refractivity contribution in [2.45, 2.75) is 27.0 Å². The maximum atomic E-state index is 12.4. The van der Waals surface area contributed by atoms with Crippen LogP contribution in [0.5, 0.6) is 11.5 Å². The van der Waals surface area contributed by atoms with E-state index in [1.165, 1.54) is 5.56 Å². The topological polar surface area (TPSA) is 50.8 Å². The molecule has 0 atom stereocenters. The highest BCUT2D eigenvalue weighted by Crippen LogP contribution is 2.29. The maximum absolute atomic E-state index is 12.4. The first-order valence-corrected chi connectivity index (χ1v) is 10.3. The van der Waals surface area contributed by atoms with Crippen molar-refractivity contribution >= 4 is 11.6 Å². The Morgan fingerprint density at radius 1 is 0.935 bits per heavy atom. The van der Waals surface area contributed by atoms with Gasteiger partial charge in [0.2, 0.25) is 5.91 Å². The number of ether oxygens (including phenoxy) is 2. The summed E-state index contributed by atoms with van der Waals surface area (Å²) in [5.74, 6) is 1.34. The minimum Gasteiger partial charge on any atom is -0.493 e. The molecule has 0 aromatic heterocycles. The second kappa shape index (κ2) is 10.6. The number of hydrogen-bond donors (Lipinski definition) is 1. The highest BCUT2D eigenvalue weighted by atomic mass is 16.5. The zero-order valence-electron chi connectivity index (χ0n) is 18.6.